The Balaban J connectivity index is 1.35. The molecule has 43 heavy (non-hydrogen) atoms. The van der Waals surface area contributed by atoms with Crippen LogP contribution in [-0.2, 0) is 32.6 Å². The summed E-state index contributed by atoms with van der Waals surface area (Å²) >= 11 is 0. The van der Waals surface area contributed by atoms with Gasteiger partial charge in [-0.25, -0.2) is 13.1 Å². The first-order chi connectivity index (χ1) is 20.8. The van der Waals surface area contributed by atoms with Crippen molar-refractivity contribution in [2.75, 3.05) is 20.1 Å². The van der Waals surface area contributed by atoms with E-state index in [2.05, 4.69) is 22.3 Å². The maximum atomic E-state index is 12.7. The second-order valence-electron chi connectivity index (χ2n) is 10.8. The van der Waals surface area contributed by atoms with E-state index in [-0.39, 0.29) is 30.3 Å². The molecule has 1 aliphatic heterocycles. The fourth-order valence-corrected chi connectivity index (χ4v) is 6.30. The molecular formula is C35H38N2O5S. The van der Waals surface area contributed by atoms with E-state index in [1.807, 2.05) is 79.9 Å². The van der Waals surface area contributed by atoms with Crippen molar-refractivity contribution in [3.05, 3.63) is 138 Å². The van der Waals surface area contributed by atoms with E-state index in [1.54, 1.807) is 30.3 Å². The summed E-state index contributed by atoms with van der Waals surface area (Å²) in [6.45, 7) is 5.52. The summed E-state index contributed by atoms with van der Waals surface area (Å²) in [5, 5.41) is 9.48. The minimum absolute atomic E-state index is 0.000589. The summed E-state index contributed by atoms with van der Waals surface area (Å²) in [7, 11) is -1.56. The van der Waals surface area contributed by atoms with Crippen LogP contribution in [0.1, 0.15) is 41.1 Å². The Morgan fingerprint density at radius 3 is 2.33 bits per heavy atom. The molecular weight excluding hydrogens is 560 g/mol. The summed E-state index contributed by atoms with van der Waals surface area (Å²) < 4.78 is 41.2. The van der Waals surface area contributed by atoms with Crippen molar-refractivity contribution >= 4 is 10.0 Å². The van der Waals surface area contributed by atoms with Crippen LogP contribution in [0.2, 0.25) is 0 Å². The molecule has 1 fully saturated rings. The number of nitrogens with one attached hydrogen (secondary N) is 1. The average molecular weight is 599 g/mol. The normalized spacial score (nSPS) is 18.9. The molecule has 1 aliphatic rings. The lowest BCUT2D eigenvalue weighted by Gasteiger charge is -2.37. The monoisotopic (exact) mass is 598 g/mol. The summed E-state index contributed by atoms with van der Waals surface area (Å²) in [5.41, 5.74) is 5.60. The molecule has 7 nitrogen and oxygen atoms in total. The number of likely N-dealkylation sites (N-methyl/N-ethyl adjacent to an activating group) is 1. The Kier molecular flexibility index (Phi) is 10.2. The predicted molar refractivity (Wildman–Crippen MR) is 168 cm³/mol. The lowest BCUT2D eigenvalue weighted by molar-refractivity contribution is -0.252. The van der Waals surface area contributed by atoms with Crippen LogP contribution in [0.25, 0.3) is 11.1 Å². The third-order valence-electron chi connectivity index (χ3n) is 7.51. The summed E-state index contributed by atoms with van der Waals surface area (Å²) in [6, 6.07) is 32.2. The predicted octanol–water partition coefficient (Wildman–Crippen LogP) is 5.99. The second-order valence-corrected chi connectivity index (χ2v) is 12.6. The fourth-order valence-electron chi connectivity index (χ4n) is 5.26. The largest absolute Gasteiger partial charge is 0.392 e. The smallest absolute Gasteiger partial charge is 0.240 e. The van der Waals surface area contributed by atoms with E-state index in [4.69, 9.17) is 9.47 Å². The van der Waals surface area contributed by atoms with Gasteiger partial charge >= 0.3 is 0 Å². The molecule has 0 unspecified atom stereocenters. The lowest BCUT2D eigenvalue weighted by Crippen LogP contribution is -2.37. The molecule has 3 atom stereocenters. The number of nitrogens with zero attached hydrogens (tertiary/aromatic N) is 1. The van der Waals surface area contributed by atoms with Gasteiger partial charge in [-0.2, -0.15) is 0 Å². The molecule has 8 heteroatoms. The summed E-state index contributed by atoms with van der Waals surface area (Å²) in [5.74, 6) is 0. The van der Waals surface area contributed by atoms with Gasteiger partial charge in [0.15, 0.2) is 6.29 Å². The third kappa shape index (κ3) is 8.06. The van der Waals surface area contributed by atoms with Crippen molar-refractivity contribution in [2.45, 2.75) is 43.0 Å². The van der Waals surface area contributed by atoms with Crippen LogP contribution in [0.5, 0.6) is 0 Å². The summed E-state index contributed by atoms with van der Waals surface area (Å²) in [4.78, 5) is 2.42. The van der Waals surface area contributed by atoms with Crippen molar-refractivity contribution in [3.8, 4) is 11.1 Å². The maximum absolute atomic E-state index is 12.7. The SMILES string of the molecule is C=CCN(C)C[C@@H]1C[C@H](c2ccc(CO)cc2)O[C@H](c2cccc(-c3cccc(CNS(=O)(=O)c4ccccc4)c3)c2)O1. The highest BCUT2D eigenvalue weighted by atomic mass is 32.2. The molecule has 1 heterocycles. The van der Waals surface area contributed by atoms with Crippen LogP contribution in [0, 0.1) is 0 Å². The molecule has 0 radical (unpaired) electrons. The van der Waals surface area contributed by atoms with E-state index in [0.29, 0.717) is 6.42 Å². The standard InChI is InChI=1S/C35H38N2O5S/c1-3-19-37(2)24-32-22-34(28-17-15-26(25-38)16-18-28)42-35(41-32)31-12-8-11-30(21-31)29-10-7-9-27(20-29)23-36-43(39,40)33-13-5-4-6-14-33/h3-18,20-21,32,34-36,38H,1,19,22-25H2,2H3/t32-,34+,35+/m0/s1. The molecule has 4 aromatic carbocycles. The van der Waals surface area contributed by atoms with Gasteiger partial charge < -0.3 is 19.5 Å². The van der Waals surface area contributed by atoms with Crippen molar-refractivity contribution in [3.63, 3.8) is 0 Å². The Morgan fingerprint density at radius 2 is 1.60 bits per heavy atom. The van der Waals surface area contributed by atoms with Gasteiger partial charge in [0, 0.05) is 31.6 Å². The van der Waals surface area contributed by atoms with E-state index >= 15 is 0 Å². The second kappa shape index (κ2) is 14.2. The Bertz CT molecular complexity index is 1610. The minimum Gasteiger partial charge on any atom is -0.392 e. The topological polar surface area (TPSA) is 88.1 Å². The van der Waals surface area contributed by atoms with Crippen LogP contribution >= 0.6 is 0 Å². The van der Waals surface area contributed by atoms with Gasteiger partial charge in [0.2, 0.25) is 10.0 Å². The molecule has 0 aromatic heterocycles. The number of aliphatic hydroxyl groups excluding tert-OH is 1. The zero-order valence-corrected chi connectivity index (χ0v) is 25.1. The maximum Gasteiger partial charge on any atom is 0.240 e. The molecule has 2 N–H and O–H groups in total. The number of hydrogen-bond acceptors (Lipinski definition) is 6. The van der Waals surface area contributed by atoms with E-state index in [0.717, 1.165) is 46.5 Å². The van der Waals surface area contributed by atoms with Crippen molar-refractivity contribution in [1.82, 2.24) is 9.62 Å². The van der Waals surface area contributed by atoms with Crippen LogP contribution in [0.3, 0.4) is 0 Å². The molecule has 5 rings (SSSR count). The van der Waals surface area contributed by atoms with E-state index in [9.17, 15) is 13.5 Å². The van der Waals surface area contributed by atoms with Gasteiger partial charge in [-0.3, -0.25) is 0 Å². The van der Waals surface area contributed by atoms with Crippen molar-refractivity contribution < 1.29 is 23.0 Å². The molecule has 224 valence electrons. The molecule has 0 amide bonds. The van der Waals surface area contributed by atoms with Crippen LogP contribution in [0.15, 0.2) is 121 Å². The zero-order chi connectivity index (χ0) is 30.2. The molecule has 0 saturated carbocycles. The zero-order valence-electron chi connectivity index (χ0n) is 24.3. The number of aliphatic hydroxyl groups is 1. The highest BCUT2D eigenvalue weighted by Gasteiger charge is 2.32. The number of rotatable bonds is 12. The Hall–Kier alpha value is -3.63. The third-order valence-corrected chi connectivity index (χ3v) is 8.93. The first-order valence-electron chi connectivity index (χ1n) is 14.4. The van der Waals surface area contributed by atoms with Gasteiger partial charge in [-0.1, -0.05) is 84.9 Å². The quantitative estimate of drug-likeness (QED) is 0.195. The fraction of sp³-hybridized carbons (Fsp3) is 0.257. The average Bonchev–Trinajstić information content (AvgIpc) is 3.04. The molecule has 1 saturated heterocycles. The van der Waals surface area contributed by atoms with E-state index in [1.165, 1.54) is 0 Å². The highest BCUT2D eigenvalue weighted by molar-refractivity contribution is 7.89. The van der Waals surface area contributed by atoms with E-state index < -0.39 is 16.3 Å². The molecule has 0 spiro atoms. The van der Waals surface area contributed by atoms with Crippen LogP contribution in [-0.4, -0.2) is 44.7 Å². The number of ether oxygens (including phenoxy) is 2. The number of sulfonamides is 1. The number of benzene rings is 4. The van der Waals surface area contributed by atoms with Crippen LogP contribution < -0.4 is 4.72 Å². The first-order valence-corrected chi connectivity index (χ1v) is 15.9. The van der Waals surface area contributed by atoms with Gasteiger partial charge in [0.05, 0.1) is 23.7 Å². The summed E-state index contributed by atoms with van der Waals surface area (Å²) in [6.07, 6.45) is 1.79. The Morgan fingerprint density at radius 1 is 0.884 bits per heavy atom. The van der Waals surface area contributed by atoms with Gasteiger partial charge in [0.1, 0.15) is 0 Å². The van der Waals surface area contributed by atoms with Gasteiger partial charge in [-0.15, -0.1) is 6.58 Å². The lowest BCUT2D eigenvalue weighted by atomic mass is 9.98. The van der Waals surface area contributed by atoms with Gasteiger partial charge in [-0.05, 0) is 59.1 Å². The number of hydrogen-bond donors (Lipinski definition) is 2. The first kappa shape index (κ1) is 30.8. The van der Waals surface area contributed by atoms with Crippen LogP contribution in [0.4, 0.5) is 0 Å². The molecule has 0 bridgehead atoms. The Labute approximate surface area is 254 Å². The van der Waals surface area contributed by atoms with Crippen molar-refractivity contribution in [1.29, 1.82) is 0 Å². The highest BCUT2D eigenvalue weighted by Crippen LogP contribution is 2.39. The molecule has 0 aliphatic carbocycles. The molecule has 4 aromatic rings. The minimum atomic E-state index is -3.61. The van der Waals surface area contributed by atoms with Gasteiger partial charge in [0.25, 0.3) is 0 Å². The van der Waals surface area contributed by atoms with Crippen molar-refractivity contribution in [2.24, 2.45) is 0 Å².